The maximum atomic E-state index is 9.58. The average molecular weight is 215 g/mol. The van der Waals surface area contributed by atoms with E-state index < -0.39 is 0 Å². The van der Waals surface area contributed by atoms with Gasteiger partial charge in [0.15, 0.2) is 0 Å². The largest absolute Gasteiger partial charge is 0.393 e. The predicted octanol–water partition coefficient (Wildman–Crippen LogP) is 2.94. The van der Waals surface area contributed by atoms with E-state index in [1.54, 1.807) is 0 Å². The Balaban J connectivity index is 2.23. The molecule has 0 aliphatic carbocycles. The van der Waals surface area contributed by atoms with Crippen LogP contribution in [0.3, 0.4) is 0 Å². The van der Waals surface area contributed by atoms with Gasteiger partial charge in [-0.25, -0.2) is 0 Å². The van der Waals surface area contributed by atoms with E-state index in [0.29, 0.717) is 0 Å². The second kappa shape index (κ2) is 5.08. The van der Waals surface area contributed by atoms with Gasteiger partial charge in [-0.3, -0.25) is 4.98 Å². The molecule has 0 fully saturated rings. The summed E-state index contributed by atoms with van der Waals surface area (Å²) in [5.74, 6) is 0. The molecule has 2 nitrogen and oxygen atoms in total. The Morgan fingerprint density at radius 3 is 2.88 bits per heavy atom. The van der Waals surface area contributed by atoms with Gasteiger partial charge < -0.3 is 5.11 Å². The monoisotopic (exact) mass is 215 g/mol. The van der Waals surface area contributed by atoms with Crippen LogP contribution in [0, 0.1) is 0 Å². The Bertz CT molecular complexity index is 462. The summed E-state index contributed by atoms with van der Waals surface area (Å²) in [7, 11) is 0. The molecule has 2 aromatic rings. The highest BCUT2D eigenvalue weighted by Gasteiger charge is 2.04. The number of nitrogens with zero attached hydrogens (tertiary/aromatic N) is 1. The van der Waals surface area contributed by atoms with Crippen molar-refractivity contribution in [2.24, 2.45) is 0 Å². The molecule has 16 heavy (non-hydrogen) atoms. The topological polar surface area (TPSA) is 33.1 Å². The molecule has 0 saturated carbocycles. The molecule has 1 unspecified atom stereocenters. The summed E-state index contributed by atoms with van der Waals surface area (Å²) in [5.41, 5.74) is 2.31. The Morgan fingerprint density at radius 1 is 1.25 bits per heavy atom. The fourth-order valence-corrected chi connectivity index (χ4v) is 1.90. The predicted molar refractivity (Wildman–Crippen MR) is 66.4 cm³/mol. The van der Waals surface area contributed by atoms with Crippen LogP contribution < -0.4 is 0 Å². The number of aromatic nitrogens is 1. The van der Waals surface area contributed by atoms with Gasteiger partial charge in [-0.2, -0.15) is 0 Å². The van der Waals surface area contributed by atoms with Crippen LogP contribution in [0.5, 0.6) is 0 Å². The van der Waals surface area contributed by atoms with Crippen molar-refractivity contribution in [1.82, 2.24) is 4.98 Å². The molecule has 2 rings (SSSR count). The van der Waals surface area contributed by atoms with Crippen molar-refractivity contribution in [3.63, 3.8) is 0 Å². The minimum Gasteiger partial charge on any atom is -0.393 e. The lowest BCUT2D eigenvalue weighted by molar-refractivity contribution is 0.161. The Labute approximate surface area is 96.0 Å². The minimum absolute atomic E-state index is 0.188. The maximum Gasteiger partial charge on any atom is 0.0704 e. The summed E-state index contributed by atoms with van der Waals surface area (Å²) < 4.78 is 0. The molecule has 2 heteroatoms. The molecule has 0 saturated heterocycles. The van der Waals surface area contributed by atoms with Gasteiger partial charge in [-0.05, 0) is 37.0 Å². The fourth-order valence-electron chi connectivity index (χ4n) is 1.90. The third-order valence-corrected chi connectivity index (χ3v) is 2.96. The van der Waals surface area contributed by atoms with Crippen molar-refractivity contribution in [2.75, 3.05) is 0 Å². The number of pyridine rings is 1. The van der Waals surface area contributed by atoms with Gasteiger partial charge in [0.1, 0.15) is 0 Å². The SMILES string of the molecule is CCC(O)CCc1ccnc2ccccc12. The van der Waals surface area contributed by atoms with Crippen LogP contribution in [-0.2, 0) is 6.42 Å². The van der Waals surface area contributed by atoms with Gasteiger partial charge in [0, 0.05) is 11.6 Å². The number of para-hydroxylation sites is 1. The zero-order valence-corrected chi connectivity index (χ0v) is 9.56. The first-order valence-corrected chi connectivity index (χ1v) is 5.82. The van der Waals surface area contributed by atoms with Crippen LogP contribution in [0.1, 0.15) is 25.3 Å². The lowest BCUT2D eigenvalue weighted by Gasteiger charge is -2.09. The highest BCUT2D eigenvalue weighted by Crippen LogP contribution is 2.18. The molecule has 1 heterocycles. The standard InChI is InChI=1S/C14H17NO/c1-2-12(16)8-7-11-9-10-15-14-6-4-3-5-13(11)14/h3-6,9-10,12,16H,2,7-8H2,1H3. The average Bonchev–Trinajstić information content (AvgIpc) is 2.35. The van der Waals surface area contributed by atoms with E-state index >= 15 is 0 Å². The van der Waals surface area contributed by atoms with Gasteiger partial charge in [0.25, 0.3) is 0 Å². The molecule has 1 aromatic heterocycles. The first-order chi connectivity index (χ1) is 7.81. The smallest absolute Gasteiger partial charge is 0.0704 e. The third-order valence-electron chi connectivity index (χ3n) is 2.96. The van der Waals surface area contributed by atoms with E-state index in [-0.39, 0.29) is 6.10 Å². The molecule has 84 valence electrons. The molecule has 1 atom stereocenters. The van der Waals surface area contributed by atoms with E-state index in [0.717, 1.165) is 24.8 Å². The van der Waals surface area contributed by atoms with E-state index in [1.165, 1.54) is 10.9 Å². The fraction of sp³-hybridized carbons (Fsp3) is 0.357. The van der Waals surface area contributed by atoms with Crippen LogP contribution >= 0.6 is 0 Å². The zero-order valence-electron chi connectivity index (χ0n) is 9.56. The van der Waals surface area contributed by atoms with E-state index in [9.17, 15) is 5.11 Å². The van der Waals surface area contributed by atoms with Crippen molar-refractivity contribution in [1.29, 1.82) is 0 Å². The van der Waals surface area contributed by atoms with Crippen molar-refractivity contribution < 1.29 is 5.11 Å². The first-order valence-electron chi connectivity index (χ1n) is 5.82. The summed E-state index contributed by atoms with van der Waals surface area (Å²) in [6, 6.07) is 10.2. The van der Waals surface area contributed by atoms with Crippen LogP contribution in [0.25, 0.3) is 10.9 Å². The van der Waals surface area contributed by atoms with Crippen molar-refractivity contribution in [2.45, 2.75) is 32.3 Å². The number of benzene rings is 1. The second-order valence-corrected chi connectivity index (χ2v) is 4.09. The van der Waals surface area contributed by atoms with Crippen molar-refractivity contribution in [3.05, 3.63) is 42.1 Å². The van der Waals surface area contributed by atoms with Crippen LogP contribution in [0.2, 0.25) is 0 Å². The Morgan fingerprint density at radius 2 is 2.06 bits per heavy atom. The number of rotatable bonds is 4. The van der Waals surface area contributed by atoms with Gasteiger partial charge in [0.2, 0.25) is 0 Å². The molecule has 0 bridgehead atoms. The number of aryl methyl sites for hydroxylation is 1. The summed E-state index contributed by atoms with van der Waals surface area (Å²) in [6.07, 6.45) is 4.22. The Kier molecular flexibility index (Phi) is 3.52. The lowest BCUT2D eigenvalue weighted by atomic mass is 10.0. The van der Waals surface area contributed by atoms with Gasteiger partial charge in [-0.15, -0.1) is 0 Å². The van der Waals surface area contributed by atoms with Crippen LogP contribution in [0.15, 0.2) is 36.5 Å². The zero-order chi connectivity index (χ0) is 11.4. The number of aliphatic hydroxyl groups is 1. The first kappa shape index (κ1) is 11.1. The molecular weight excluding hydrogens is 198 g/mol. The molecule has 0 radical (unpaired) electrons. The van der Waals surface area contributed by atoms with E-state index in [1.807, 2.05) is 37.4 Å². The molecular formula is C14H17NO. The van der Waals surface area contributed by atoms with Crippen molar-refractivity contribution >= 4 is 10.9 Å². The summed E-state index contributed by atoms with van der Waals surface area (Å²) in [6.45, 7) is 2.01. The second-order valence-electron chi connectivity index (χ2n) is 4.09. The van der Waals surface area contributed by atoms with Crippen LogP contribution in [0.4, 0.5) is 0 Å². The van der Waals surface area contributed by atoms with Gasteiger partial charge >= 0.3 is 0 Å². The molecule has 1 aromatic carbocycles. The highest BCUT2D eigenvalue weighted by atomic mass is 16.3. The summed E-state index contributed by atoms with van der Waals surface area (Å²) in [5, 5.41) is 10.8. The normalized spacial score (nSPS) is 12.9. The molecule has 1 N–H and O–H groups in total. The Hall–Kier alpha value is -1.41. The number of hydrogen-bond acceptors (Lipinski definition) is 2. The molecule has 0 spiro atoms. The molecule has 0 aliphatic rings. The van der Waals surface area contributed by atoms with Crippen LogP contribution in [-0.4, -0.2) is 16.2 Å². The minimum atomic E-state index is -0.188. The quantitative estimate of drug-likeness (QED) is 0.850. The molecule has 0 aliphatic heterocycles. The van der Waals surface area contributed by atoms with E-state index in [4.69, 9.17) is 0 Å². The maximum absolute atomic E-state index is 9.58. The van der Waals surface area contributed by atoms with Gasteiger partial charge in [-0.1, -0.05) is 25.1 Å². The number of aliphatic hydroxyl groups excluding tert-OH is 1. The number of fused-ring (bicyclic) bond motifs is 1. The van der Waals surface area contributed by atoms with Gasteiger partial charge in [0.05, 0.1) is 11.6 Å². The highest BCUT2D eigenvalue weighted by molar-refractivity contribution is 5.81. The van der Waals surface area contributed by atoms with E-state index in [2.05, 4.69) is 11.1 Å². The summed E-state index contributed by atoms with van der Waals surface area (Å²) >= 11 is 0. The number of hydrogen-bond donors (Lipinski definition) is 1. The molecule has 0 amide bonds. The lowest BCUT2D eigenvalue weighted by Crippen LogP contribution is -2.05. The van der Waals surface area contributed by atoms with Crippen molar-refractivity contribution in [3.8, 4) is 0 Å². The summed E-state index contributed by atoms with van der Waals surface area (Å²) in [4.78, 5) is 4.33. The third kappa shape index (κ3) is 2.39.